The first-order chi connectivity index (χ1) is 16.8. The van der Waals surface area contributed by atoms with Crippen LogP contribution in [-0.2, 0) is 21.4 Å². The van der Waals surface area contributed by atoms with Crippen molar-refractivity contribution in [3.05, 3.63) is 95.1 Å². The molecule has 3 aromatic rings. The van der Waals surface area contributed by atoms with Crippen molar-refractivity contribution in [1.29, 1.82) is 0 Å². The number of piperazine rings is 1. The Balaban J connectivity index is 1.49. The molecule has 4 rings (SSSR count). The molecule has 0 N–H and O–H groups in total. The standard InChI is InChI=1S/C28H33N3O3S/c1-22-12-14-25(15-13-22)20-31(35(33,34)26-9-5-4-6-10-26)21-28(32)30-18-16-29(17-19-30)27-11-7-8-23(2)24(27)3/h4-15H,16-21H2,1-3H3. The van der Waals surface area contributed by atoms with Crippen LogP contribution in [0, 0.1) is 20.8 Å². The minimum atomic E-state index is -3.83. The Morgan fingerprint density at radius 1 is 0.829 bits per heavy atom. The molecule has 0 radical (unpaired) electrons. The summed E-state index contributed by atoms with van der Waals surface area (Å²) in [4.78, 5) is 17.6. The second-order valence-corrected chi connectivity index (χ2v) is 11.1. The van der Waals surface area contributed by atoms with Crippen molar-refractivity contribution >= 4 is 21.6 Å². The number of sulfonamides is 1. The lowest BCUT2D eigenvalue weighted by Gasteiger charge is -2.37. The van der Waals surface area contributed by atoms with E-state index < -0.39 is 10.0 Å². The fraction of sp³-hybridized carbons (Fsp3) is 0.321. The van der Waals surface area contributed by atoms with Crippen LogP contribution in [0.4, 0.5) is 5.69 Å². The number of anilines is 1. The summed E-state index contributed by atoms with van der Waals surface area (Å²) in [5.74, 6) is -0.169. The highest BCUT2D eigenvalue weighted by atomic mass is 32.2. The van der Waals surface area contributed by atoms with Crippen LogP contribution in [0.15, 0.2) is 77.7 Å². The lowest BCUT2D eigenvalue weighted by atomic mass is 10.1. The third kappa shape index (κ3) is 5.74. The molecule has 0 unspecified atom stereocenters. The maximum atomic E-state index is 13.5. The second kappa shape index (κ2) is 10.6. The molecular formula is C28H33N3O3S. The quantitative estimate of drug-likeness (QED) is 0.498. The number of rotatable bonds is 7. The fourth-order valence-electron chi connectivity index (χ4n) is 4.39. The van der Waals surface area contributed by atoms with Crippen LogP contribution >= 0.6 is 0 Å². The maximum Gasteiger partial charge on any atom is 0.243 e. The number of carbonyl (C=O) groups is 1. The largest absolute Gasteiger partial charge is 0.368 e. The second-order valence-electron chi connectivity index (χ2n) is 9.16. The summed E-state index contributed by atoms with van der Waals surface area (Å²) in [5, 5.41) is 0. The molecule has 1 saturated heterocycles. The van der Waals surface area contributed by atoms with E-state index in [-0.39, 0.29) is 23.9 Å². The molecule has 1 amide bonds. The lowest BCUT2D eigenvalue weighted by molar-refractivity contribution is -0.131. The molecule has 6 nitrogen and oxygen atoms in total. The highest BCUT2D eigenvalue weighted by Gasteiger charge is 2.30. The van der Waals surface area contributed by atoms with Crippen LogP contribution in [0.2, 0.25) is 0 Å². The number of hydrogen-bond acceptors (Lipinski definition) is 4. The zero-order valence-electron chi connectivity index (χ0n) is 20.6. The van der Waals surface area contributed by atoms with Crippen molar-refractivity contribution in [1.82, 2.24) is 9.21 Å². The van der Waals surface area contributed by atoms with E-state index in [1.165, 1.54) is 21.1 Å². The van der Waals surface area contributed by atoms with Crippen LogP contribution in [0.1, 0.15) is 22.3 Å². The van der Waals surface area contributed by atoms with Crippen LogP contribution in [0.3, 0.4) is 0 Å². The average molecular weight is 492 g/mol. The average Bonchev–Trinajstić information content (AvgIpc) is 2.87. The zero-order valence-corrected chi connectivity index (χ0v) is 21.5. The van der Waals surface area contributed by atoms with Crippen molar-refractivity contribution in [2.45, 2.75) is 32.2 Å². The Labute approximate surface area is 208 Å². The summed E-state index contributed by atoms with van der Waals surface area (Å²) in [6.07, 6.45) is 0. The SMILES string of the molecule is Cc1ccc(CN(CC(=O)N2CCN(c3cccc(C)c3C)CC2)S(=O)(=O)c2ccccc2)cc1. The van der Waals surface area contributed by atoms with Gasteiger partial charge in [0.15, 0.2) is 0 Å². The van der Waals surface area contributed by atoms with Gasteiger partial charge >= 0.3 is 0 Å². The Hall–Kier alpha value is -3.16. The van der Waals surface area contributed by atoms with Crippen molar-refractivity contribution < 1.29 is 13.2 Å². The highest BCUT2D eigenvalue weighted by molar-refractivity contribution is 7.89. The van der Waals surface area contributed by atoms with E-state index >= 15 is 0 Å². The Morgan fingerprint density at radius 2 is 1.49 bits per heavy atom. The third-order valence-electron chi connectivity index (χ3n) is 6.72. The summed E-state index contributed by atoms with van der Waals surface area (Å²) in [6, 6.07) is 22.4. The van der Waals surface area contributed by atoms with Gasteiger partial charge in [-0.2, -0.15) is 4.31 Å². The van der Waals surface area contributed by atoms with Crippen molar-refractivity contribution in [3.8, 4) is 0 Å². The molecule has 0 aromatic heterocycles. The number of carbonyl (C=O) groups excluding carboxylic acids is 1. The Bertz CT molecular complexity index is 1270. The van der Waals surface area contributed by atoms with Gasteiger partial charge in [0, 0.05) is 38.4 Å². The van der Waals surface area contributed by atoms with E-state index in [0.29, 0.717) is 13.1 Å². The molecule has 35 heavy (non-hydrogen) atoms. The summed E-state index contributed by atoms with van der Waals surface area (Å²) < 4.78 is 28.2. The number of aryl methyl sites for hydroxylation is 2. The molecule has 1 aliphatic heterocycles. The predicted molar refractivity (Wildman–Crippen MR) is 140 cm³/mol. The normalized spacial score (nSPS) is 14.4. The topological polar surface area (TPSA) is 60.9 Å². The number of nitrogens with zero attached hydrogens (tertiary/aromatic N) is 3. The zero-order chi connectivity index (χ0) is 25.0. The molecule has 0 aliphatic carbocycles. The summed E-state index contributed by atoms with van der Waals surface area (Å²) >= 11 is 0. The highest BCUT2D eigenvalue weighted by Crippen LogP contribution is 2.24. The molecular weight excluding hydrogens is 458 g/mol. The van der Waals surface area contributed by atoms with E-state index in [0.717, 1.165) is 24.2 Å². The molecule has 0 saturated carbocycles. The first-order valence-corrected chi connectivity index (χ1v) is 13.4. The van der Waals surface area contributed by atoms with Gasteiger partial charge in [0.1, 0.15) is 0 Å². The molecule has 1 aliphatic rings. The van der Waals surface area contributed by atoms with Crippen molar-refractivity contribution in [3.63, 3.8) is 0 Å². The molecule has 184 valence electrons. The van der Waals surface area contributed by atoms with Gasteiger partial charge in [0.05, 0.1) is 11.4 Å². The minimum Gasteiger partial charge on any atom is -0.368 e. The van der Waals surface area contributed by atoms with E-state index in [1.54, 1.807) is 35.2 Å². The molecule has 1 heterocycles. The fourth-order valence-corrected chi connectivity index (χ4v) is 5.79. The van der Waals surface area contributed by atoms with Crippen molar-refractivity contribution in [2.24, 2.45) is 0 Å². The molecule has 1 fully saturated rings. The molecule has 0 spiro atoms. The lowest BCUT2D eigenvalue weighted by Crippen LogP contribution is -2.52. The molecule has 0 bridgehead atoms. The summed E-state index contributed by atoms with van der Waals surface area (Å²) in [7, 11) is -3.83. The number of hydrogen-bond donors (Lipinski definition) is 0. The number of benzene rings is 3. The van der Waals surface area contributed by atoms with Crippen LogP contribution in [-0.4, -0.2) is 56.3 Å². The van der Waals surface area contributed by atoms with Gasteiger partial charge in [-0.25, -0.2) is 8.42 Å². The van der Waals surface area contributed by atoms with Gasteiger partial charge in [-0.3, -0.25) is 4.79 Å². The van der Waals surface area contributed by atoms with Crippen LogP contribution in [0.5, 0.6) is 0 Å². The van der Waals surface area contributed by atoms with E-state index in [1.807, 2.05) is 31.2 Å². The maximum absolute atomic E-state index is 13.5. The van der Waals surface area contributed by atoms with Crippen LogP contribution < -0.4 is 4.90 Å². The Kier molecular flexibility index (Phi) is 7.57. The van der Waals surface area contributed by atoms with Crippen LogP contribution in [0.25, 0.3) is 0 Å². The Morgan fingerprint density at radius 3 is 2.14 bits per heavy atom. The number of amides is 1. The monoisotopic (exact) mass is 491 g/mol. The first kappa shape index (κ1) is 24.9. The van der Waals surface area contributed by atoms with Gasteiger partial charge in [0.2, 0.25) is 15.9 Å². The first-order valence-electron chi connectivity index (χ1n) is 12.0. The molecule has 7 heteroatoms. The molecule has 3 aromatic carbocycles. The minimum absolute atomic E-state index is 0.145. The van der Waals surface area contributed by atoms with Crippen molar-refractivity contribution in [2.75, 3.05) is 37.6 Å². The predicted octanol–water partition coefficient (Wildman–Crippen LogP) is 4.15. The smallest absolute Gasteiger partial charge is 0.243 e. The van der Waals surface area contributed by atoms with E-state index in [4.69, 9.17) is 0 Å². The van der Waals surface area contributed by atoms with Gasteiger partial charge in [-0.1, -0.05) is 60.2 Å². The van der Waals surface area contributed by atoms with Gasteiger partial charge in [-0.15, -0.1) is 0 Å². The summed E-state index contributed by atoms with van der Waals surface area (Å²) in [5.41, 5.74) is 5.65. The third-order valence-corrected chi connectivity index (χ3v) is 8.53. The van der Waals surface area contributed by atoms with Gasteiger partial charge in [-0.05, 0) is 55.7 Å². The van der Waals surface area contributed by atoms with Gasteiger partial charge < -0.3 is 9.80 Å². The van der Waals surface area contributed by atoms with E-state index in [9.17, 15) is 13.2 Å². The summed E-state index contributed by atoms with van der Waals surface area (Å²) in [6.45, 7) is 8.75. The van der Waals surface area contributed by atoms with Gasteiger partial charge in [0.25, 0.3) is 0 Å². The molecule has 0 atom stereocenters. The van der Waals surface area contributed by atoms with E-state index in [2.05, 4.69) is 36.9 Å².